The van der Waals surface area contributed by atoms with Crippen molar-refractivity contribution in [3.63, 3.8) is 0 Å². The van der Waals surface area contributed by atoms with Gasteiger partial charge in [-0.3, -0.25) is 0 Å². The van der Waals surface area contributed by atoms with E-state index in [0.29, 0.717) is 12.0 Å². The normalized spacial score (nSPS) is 21.8. The number of rotatable bonds is 5. The first-order valence-corrected chi connectivity index (χ1v) is 6.12. The van der Waals surface area contributed by atoms with Crippen LogP contribution in [0.4, 0.5) is 4.79 Å². The maximum Gasteiger partial charge on any atom is 0.317 e. The highest BCUT2D eigenvalue weighted by Gasteiger charge is 2.29. The van der Waals surface area contributed by atoms with E-state index in [4.69, 9.17) is 5.73 Å². The van der Waals surface area contributed by atoms with Crippen molar-refractivity contribution in [1.29, 1.82) is 0 Å². The second kappa shape index (κ2) is 5.04. The molecule has 94 valence electrons. The highest BCUT2D eigenvalue weighted by Crippen LogP contribution is 2.14. The zero-order chi connectivity index (χ0) is 12.3. The fraction of sp³-hybridized carbons (Fsp3) is 0.917. The van der Waals surface area contributed by atoms with Crippen LogP contribution in [-0.2, 0) is 0 Å². The molecule has 0 aromatic rings. The Kier molecular flexibility index (Phi) is 4.19. The van der Waals surface area contributed by atoms with E-state index in [1.165, 1.54) is 0 Å². The van der Waals surface area contributed by atoms with Gasteiger partial charge in [-0.05, 0) is 32.6 Å². The second-order valence-electron chi connectivity index (χ2n) is 5.96. The smallest absolute Gasteiger partial charge is 0.317 e. The molecule has 2 amide bonds. The van der Waals surface area contributed by atoms with Gasteiger partial charge in [-0.15, -0.1) is 0 Å². The highest BCUT2D eigenvalue weighted by molar-refractivity contribution is 5.76. The summed E-state index contributed by atoms with van der Waals surface area (Å²) in [6.45, 7) is 9.92. The molecule has 1 unspecified atom stereocenters. The van der Waals surface area contributed by atoms with Gasteiger partial charge >= 0.3 is 6.03 Å². The second-order valence-corrected chi connectivity index (χ2v) is 5.96. The molecular weight excluding hydrogens is 202 g/mol. The molecular formula is C12H25N3O. The molecule has 16 heavy (non-hydrogen) atoms. The first-order valence-electron chi connectivity index (χ1n) is 6.12. The number of carbonyl (C=O) groups excluding carboxylic acids is 1. The predicted octanol–water partition coefficient (Wildman–Crippen LogP) is 1.55. The molecule has 4 nitrogen and oxygen atoms in total. The van der Waals surface area contributed by atoms with E-state index in [1.54, 1.807) is 0 Å². The number of hydrogen-bond donors (Lipinski definition) is 2. The Labute approximate surface area is 98.6 Å². The molecule has 1 heterocycles. The van der Waals surface area contributed by atoms with Crippen molar-refractivity contribution in [3.05, 3.63) is 0 Å². The quantitative estimate of drug-likeness (QED) is 0.748. The van der Waals surface area contributed by atoms with E-state index in [1.807, 2.05) is 18.7 Å². The lowest BCUT2D eigenvalue weighted by atomic mass is 10.0. The van der Waals surface area contributed by atoms with Crippen molar-refractivity contribution in [2.24, 2.45) is 11.7 Å². The lowest BCUT2D eigenvalue weighted by molar-refractivity contribution is 0.213. The first kappa shape index (κ1) is 13.3. The molecule has 1 saturated heterocycles. The van der Waals surface area contributed by atoms with Gasteiger partial charge < -0.3 is 16.0 Å². The summed E-state index contributed by atoms with van der Waals surface area (Å²) in [5.41, 5.74) is 5.72. The van der Waals surface area contributed by atoms with E-state index in [0.717, 1.165) is 25.9 Å². The number of nitrogens with one attached hydrogen (secondary N) is 1. The fourth-order valence-corrected chi connectivity index (χ4v) is 1.98. The summed E-state index contributed by atoms with van der Waals surface area (Å²) in [6, 6.07) is 0.378. The number of carbonyl (C=O) groups is 1. The molecule has 1 aliphatic heterocycles. The Balaban J connectivity index is 2.37. The van der Waals surface area contributed by atoms with Crippen LogP contribution in [0.1, 0.15) is 40.5 Å². The average molecular weight is 227 g/mol. The van der Waals surface area contributed by atoms with E-state index >= 15 is 0 Å². The Morgan fingerprint density at radius 2 is 2.19 bits per heavy atom. The van der Waals surface area contributed by atoms with Crippen LogP contribution >= 0.6 is 0 Å². The monoisotopic (exact) mass is 227 g/mol. The van der Waals surface area contributed by atoms with Gasteiger partial charge in [0.05, 0.1) is 0 Å². The third-order valence-electron chi connectivity index (χ3n) is 2.84. The Hall–Kier alpha value is -0.770. The molecule has 0 aliphatic carbocycles. The Bertz CT molecular complexity index is 245. The minimum atomic E-state index is -0.198. The zero-order valence-electron chi connectivity index (χ0n) is 10.9. The van der Waals surface area contributed by atoms with E-state index in [-0.39, 0.29) is 11.6 Å². The third-order valence-corrected chi connectivity index (χ3v) is 2.84. The molecule has 1 rings (SSSR count). The molecule has 0 bridgehead atoms. The molecule has 3 N–H and O–H groups in total. The minimum Gasteiger partial charge on any atom is -0.333 e. The largest absolute Gasteiger partial charge is 0.333 e. The maximum atomic E-state index is 11.7. The van der Waals surface area contributed by atoms with Crippen LogP contribution in [0.25, 0.3) is 0 Å². The SMILES string of the molecule is CC(C)CC1CN(CCC(C)(C)N)C(=O)N1. The predicted molar refractivity (Wildman–Crippen MR) is 66.2 cm³/mol. The summed E-state index contributed by atoms with van der Waals surface area (Å²) in [4.78, 5) is 13.5. The van der Waals surface area contributed by atoms with Crippen LogP contribution < -0.4 is 11.1 Å². The summed E-state index contributed by atoms with van der Waals surface area (Å²) in [5.74, 6) is 0.621. The van der Waals surface area contributed by atoms with E-state index in [9.17, 15) is 4.79 Å². The van der Waals surface area contributed by atoms with Gasteiger partial charge in [0.2, 0.25) is 0 Å². The first-order chi connectivity index (χ1) is 7.28. The van der Waals surface area contributed by atoms with Gasteiger partial charge in [0.1, 0.15) is 0 Å². The summed E-state index contributed by atoms with van der Waals surface area (Å²) in [7, 11) is 0. The van der Waals surface area contributed by atoms with E-state index in [2.05, 4.69) is 19.2 Å². The molecule has 4 heteroatoms. The summed E-state index contributed by atoms with van der Waals surface area (Å²) >= 11 is 0. The summed E-state index contributed by atoms with van der Waals surface area (Å²) in [6.07, 6.45) is 1.89. The topological polar surface area (TPSA) is 58.4 Å². The molecule has 1 fully saturated rings. The number of nitrogens with zero attached hydrogens (tertiary/aromatic N) is 1. The standard InChI is InChI=1S/C12H25N3O/c1-9(2)7-10-8-15(11(16)14-10)6-5-12(3,4)13/h9-10H,5-8,13H2,1-4H3,(H,14,16). The van der Waals surface area contributed by atoms with Gasteiger partial charge in [-0.1, -0.05) is 13.8 Å². The zero-order valence-corrected chi connectivity index (χ0v) is 10.9. The molecule has 1 aliphatic rings. The molecule has 0 aromatic heterocycles. The number of nitrogens with two attached hydrogens (primary N) is 1. The highest BCUT2D eigenvalue weighted by atomic mass is 16.2. The number of hydrogen-bond acceptors (Lipinski definition) is 2. The van der Waals surface area contributed by atoms with Gasteiger partial charge in [0.15, 0.2) is 0 Å². The molecule has 0 spiro atoms. The molecule has 0 radical (unpaired) electrons. The fourth-order valence-electron chi connectivity index (χ4n) is 1.98. The van der Waals surface area contributed by atoms with Crippen LogP contribution in [0.3, 0.4) is 0 Å². The van der Waals surface area contributed by atoms with Gasteiger partial charge in [-0.25, -0.2) is 4.79 Å². The van der Waals surface area contributed by atoms with Crippen molar-refractivity contribution in [1.82, 2.24) is 10.2 Å². The summed E-state index contributed by atoms with van der Waals surface area (Å²) in [5, 5.41) is 3.02. The minimum absolute atomic E-state index is 0.0647. The number of urea groups is 1. The van der Waals surface area contributed by atoms with Crippen LogP contribution in [0.5, 0.6) is 0 Å². The van der Waals surface area contributed by atoms with Gasteiger partial charge in [0.25, 0.3) is 0 Å². The molecule has 0 saturated carbocycles. The maximum absolute atomic E-state index is 11.7. The van der Waals surface area contributed by atoms with Crippen molar-refractivity contribution in [2.75, 3.05) is 13.1 Å². The van der Waals surface area contributed by atoms with Crippen molar-refractivity contribution in [3.8, 4) is 0 Å². The molecule has 0 aromatic carbocycles. The Morgan fingerprint density at radius 3 is 2.69 bits per heavy atom. The lowest BCUT2D eigenvalue weighted by Crippen LogP contribution is -2.38. The third kappa shape index (κ3) is 4.39. The van der Waals surface area contributed by atoms with E-state index < -0.39 is 0 Å². The average Bonchev–Trinajstić information content (AvgIpc) is 2.40. The van der Waals surface area contributed by atoms with Crippen molar-refractivity contribution < 1.29 is 4.79 Å². The van der Waals surface area contributed by atoms with Crippen molar-refractivity contribution in [2.45, 2.75) is 52.1 Å². The number of amides is 2. The van der Waals surface area contributed by atoms with Crippen LogP contribution in [0, 0.1) is 5.92 Å². The lowest BCUT2D eigenvalue weighted by Gasteiger charge is -2.22. The van der Waals surface area contributed by atoms with Crippen LogP contribution in [0.15, 0.2) is 0 Å². The van der Waals surface area contributed by atoms with Gasteiger partial charge in [0, 0.05) is 24.7 Å². The molecule has 1 atom stereocenters. The van der Waals surface area contributed by atoms with Crippen LogP contribution in [0.2, 0.25) is 0 Å². The van der Waals surface area contributed by atoms with Crippen molar-refractivity contribution >= 4 is 6.03 Å². The summed E-state index contributed by atoms with van der Waals surface area (Å²) < 4.78 is 0. The van der Waals surface area contributed by atoms with Crippen LogP contribution in [-0.4, -0.2) is 35.6 Å². The Morgan fingerprint density at radius 1 is 1.56 bits per heavy atom. The van der Waals surface area contributed by atoms with Gasteiger partial charge in [-0.2, -0.15) is 0 Å².